The molecule has 1 atom stereocenters. The lowest BCUT2D eigenvalue weighted by molar-refractivity contribution is 0.0693. The standard InChI is InChI=1S/C24H20N2O3/c1-15(16-8-10-18(11-9-16)17-6-4-3-5-7-17)25-22(27)19-12-13-20-21(14-19)24(29)26(2)23(20)28/h3-15H,1-2H3,(H,25,27)/t15-/m0/s1. The summed E-state index contributed by atoms with van der Waals surface area (Å²) in [5.74, 6) is -1.02. The average molecular weight is 384 g/mol. The van der Waals surface area contributed by atoms with Crippen molar-refractivity contribution in [1.82, 2.24) is 10.2 Å². The van der Waals surface area contributed by atoms with E-state index in [1.165, 1.54) is 19.2 Å². The third-order valence-corrected chi connectivity index (χ3v) is 5.22. The molecule has 5 heteroatoms. The van der Waals surface area contributed by atoms with Gasteiger partial charge >= 0.3 is 0 Å². The van der Waals surface area contributed by atoms with Gasteiger partial charge < -0.3 is 5.32 Å². The molecule has 0 saturated heterocycles. The predicted octanol–water partition coefficient (Wildman–Crippen LogP) is 4.07. The number of nitrogens with one attached hydrogen (secondary N) is 1. The van der Waals surface area contributed by atoms with Gasteiger partial charge in [0.15, 0.2) is 0 Å². The molecule has 3 aromatic carbocycles. The molecule has 1 aliphatic rings. The lowest BCUT2D eigenvalue weighted by Crippen LogP contribution is -2.27. The fraction of sp³-hybridized carbons (Fsp3) is 0.125. The zero-order chi connectivity index (χ0) is 20.5. The first kappa shape index (κ1) is 18.6. The molecule has 0 unspecified atom stereocenters. The van der Waals surface area contributed by atoms with Gasteiger partial charge in [0, 0.05) is 12.6 Å². The number of benzene rings is 3. The van der Waals surface area contributed by atoms with Crippen LogP contribution in [0.3, 0.4) is 0 Å². The maximum absolute atomic E-state index is 12.7. The van der Waals surface area contributed by atoms with Gasteiger partial charge in [0.05, 0.1) is 17.2 Å². The molecular formula is C24H20N2O3. The molecule has 1 heterocycles. The number of nitrogens with zero attached hydrogens (tertiary/aromatic N) is 1. The van der Waals surface area contributed by atoms with Gasteiger partial charge in [0.25, 0.3) is 17.7 Å². The van der Waals surface area contributed by atoms with Crippen LogP contribution in [0.1, 0.15) is 49.6 Å². The Kier molecular flexibility index (Phi) is 4.72. The Bertz CT molecular complexity index is 1100. The number of amides is 3. The minimum Gasteiger partial charge on any atom is -0.346 e. The molecule has 3 aromatic rings. The second-order valence-electron chi connectivity index (χ2n) is 7.11. The summed E-state index contributed by atoms with van der Waals surface area (Å²) in [4.78, 5) is 37.9. The van der Waals surface area contributed by atoms with Crippen LogP contribution >= 0.6 is 0 Å². The van der Waals surface area contributed by atoms with E-state index in [9.17, 15) is 14.4 Å². The molecule has 0 radical (unpaired) electrons. The topological polar surface area (TPSA) is 66.5 Å². The first-order valence-electron chi connectivity index (χ1n) is 9.38. The fourth-order valence-electron chi connectivity index (χ4n) is 3.46. The van der Waals surface area contributed by atoms with E-state index in [2.05, 4.69) is 17.4 Å². The van der Waals surface area contributed by atoms with Crippen molar-refractivity contribution in [2.45, 2.75) is 13.0 Å². The minimum absolute atomic E-state index is 0.208. The quantitative estimate of drug-likeness (QED) is 0.690. The highest BCUT2D eigenvalue weighted by Crippen LogP contribution is 2.24. The fourth-order valence-corrected chi connectivity index (χ4v) is 3.46. The van der Waals surface area contributed by atoms with Gasteiger partial charge in [-0.2, -0.15) is 0 Å². The van der Waals surface area contributed by atoms with E-state index < -0.39 is 0 Å². The number of hydrogen-bond donors (Lipinski definition) is 1. The summed E-state index contributed by atoms with van der Waals surface area (Å²) in [7, 11) is 1.44. The van der Waals surface area contributed by atoms with Crippen LogP contribution in [-0.4, -0.2) is 29.7 Å². The molecule has 0 bridgehead atoms. The van der Waals surface area contributed by atoms with E-state index in [-0.39, 0.29) is 29.3 Å². The third kappa shape index (κ3) is 3.43. The van der Waals surface area contributed by atoms with Crippen LogP contribution in [0.2, 0.25) is 0 Å². The number of imide groups is 1. The Morgan fingerprint density at radius 3 is 2.14 bits per heavy atom. The summed E-state index contributed by atoms with van der Waals surface area (Å²) in [6.45, 7) is 1.91. The molecule has 144 valence electrons. The Balaban J connectivity index is 1.49. The molecule has 0 spiro atoms. The van der Waals surface area contributed by atoms with Gasteiger partial charge in [-0.05, 0) is 41.8 Å². The molecule has 0 fully saturated rings. The molecule has 4 rings (SSSR count). The van der Waals surface area contributed by atoms with E-state index in [4.69, 9.17) is 0 Å². The lowest BCUT2D eigenvalue weighted by Gasteiger charge is -2.15. The van der Waals surface area contributed by atoms with Crippen LogP contribution in [0.5, 0.6) is 0 Å². The summed E-state index contributed by atoms with van der Waals surface area (Å²) < 4.78 is 0. The van der Waals surface area contributed by atoms with Crippen LogP contribution in [-0.2, 0) is 0 Å². The summed E-state index contributed by atoms with van der Waals surface area (Å²) in [6, 6.07) is 22.5. The first-order chi connectivity index (χ1) is 14.0. The van der Waals surface area contributed by atoms with Crippen LogP contribution in [0.4, 0.5) is 0 Å². The average Bonchev–Trinajstić information content (AvgIpc) is 2.98. The SMILES string of the molecule is C[C@H](NC(=O)c1ccc2c(c1)C(=O)N(C)C2=O)c1ccc(-c2ccccc2)cc1. The summed E-state index contributed by atoms with van der Waals surface area (Å²) in [5, 5.41) is 2.95. The largest absolute Gasteiger partial charge is 0.346 e. The van der Waals surface area contributed by atoms with Gasteiger partial charge in [-0.25, -0.2) is 0 Å². The van der Waals surface area contributed by atoms with E-state index in [0.29, 0.717) is 11.1 Å². The highest BCUT2D eigenvalue weighted by molar-refractivity contribution is 6.21. The van der Waals surface area contributed by atoms with Crippen molar-refractivity contribution >= 4 is 17.7 Å². The van der Waals surface area contributed by atoms with E-state index in [0.717, 1.165) is 21.6 Å². The second kappa shape index (κ2) is 7.36. The molecule has 29 heavy (non-hydrogen) atoms. The van der Waals surface area contributed by atoms with Gasteiger partial charge in [-0.3, -0.25) is 19.3 Å². The maximum atomic E-state index is 12.7. The van der Waals surface area contributed by atoms with Gasteiger partial charge in [0.2, 0.25) is 0 Å². The van der Waals surface area contributed by atoms with Gasteiger partial charge in [-0.15, -0.1) is 0 Å². The third-order valence-electron chi connectivity index (χ3n) is 5.22. The van der Waals surface area contributed by atoms with Crippen molar-refractivity contribution in [1.29, 1.82) is 0 Å². The highest BCUT2D eigenvalue weighted by atomic mass is 16.2. The van der Waals surface area contributed by atoms with Crippen LogP contribution in [0.15, 0.2) is 72.8 Å². The van der Waals surface area contributed by atoms with Crippen molar-refractivity contribution in [3.8, 4) is 11.1 Å². The number of carbonyl (C=O) groups excluding carboxylic acids is 3. The second-order valence-corrected chi connectivity index (χ2v) is 7.11. The zero-order valence-electron chi connectivity index (χ0n) is 16.2. The Hall–Kier alpha value is -3.73. The van der Waals surface area contributed by atoms with E-state index in [1.54, 1.807) is 6.07 Å². The number of fused-ring (bicyclic) bond motifs is 1. The Morgan fingerprint density at radius 1 is 0.828 bits per heavy atom. The lowest BCUT2D eigenvalue weighted by atomic mass is 10.0. The molecule has 1 aliphatic heterocycles. The Morgan fingerprint density at radius 2 is 1.45 bits per heavy atom. The minimum atomic E-state index is -0.385. The smallest absolute Gasteiger partial charge is 0.261 e. The van der Waals surface area contributed by atoms with Crippen LogP contribution < -0.4 is 5.32 Å². The van der Waals surface area contributed by atoms with E-state index in [1.807, 2.05) is 49.4 Å². The van der Waals surface area contributed by atoms with Crippen molar-refractivity contribution in [2.75, 3.05) is 7.05 Å². The molecule has 0 aliphatic carbocycles. The predicted molar refractivity (Wildman–Crippen MR) is 111 cm³/mol. The molecule has 1 N–H and O–H groups in total. The van der Waals surface area contributed by atoms with Crippen LogP contribution in [0, 0.1) is 0 Å². The van der Waals surface area contributed by atoms with Gasteiger partial charge in [-0.1, -0.05) is 54.6 Å². The summed E-state index contributed by atoms with van der Waals surface area (Å²) >= 11 is 0. The molecule has 3 amide bonds. The van der Waals surface area contributed by atoms with E-state index >= 15 is 0 Å². The van der Waals surface area contributed by atoms with Gasteiger partial charge in [0.1, 0.15) is 0 Å². The molecular weight excluding hydrogens is 364 g/mol. The summed E-state index contributed by atoms with van der Waals surface area (Å²) in [5.41, 5.74) is 4.18. The highest BCUT2D eigenvalue weighted by Gasteiger charge is 2.33. The maximum Gasteiger partial charge on any atom is 0.261 e. The van der Waals surface area contributed by atoms with Crippen molar-refractivity contribution in [2.24, 2.45) is 0 Å². The van der Waals surface area contributed by atoms with Crippen molar-refractivity contribution in [3.05, 3.63) is 95.1 Å². The van der Waals surface area contributed by atoms with Crippen molar-refractivity contribution < 1.29 is 14.4 Å². The first-order valence-corrected chi connectivity index (χ1v) is 9.38. The number of carbonyl (C=O) groups is 3. The normalized spacial score (nSPS) is 13.9. The molecule has 0 saturated carbocycles. The zero-order valence-corrected chi connectivity index (χ0v) is 16.2. The van der Waals surface area contributed by atoms with Crippen LogP contribution in [0.25, 0.3) is 11.1 Å². The molecule has 0 aromatic heterocycles. The molecule has 5 nitrogen and oxygen atoms in total. The monoisotopic (exact) mass is 384 g/mol. The Labute approximate surface area is 169 Å². The number of rotatable bonds is 4. The van der Waals surface area contributed by atoms with Crippen molar-refractivity contribution in [3.63, 3.8) is 0 Å². The summed E-state index contributed by atoms with van der Waals surface area (Å²) in [6.07, 6.45) is 0. The number of hydrogen-bond acceptors (Lipinski definition) is 3.